The predicted octanol–water partition coefficient (Wildman–Crippen LogP) is 5.65. The van der Waals surface area contributed by atoms with E-state index in [1.165, 1.54) is 12.1 Å². The summed E-state index contributed by atoms with van der Waals surface area (Å²) >= 11 is 6.02. The molecular formula is C21H22ClN3O5. The van der Waals surface area contributed by atoms with Crippen molar-refractivity contribution in [3.8, 4) is 23.1 Å². The molecule has 30 heavy (non-hydrogen) atoms. The van der Waals surface area contributed by atoms with Crippen LogP contribution < -0.4 is 14.2 Å². The number of benzene rings is 2. The molecule has 0 saturated carbocycles. The van der Waals surface area contributed by atoms with E-state index in [1.807, 2.05) is 20.8 Å². The fraction of sp³-hybridized carbons (Fsp3) is 0.286. The maximum Gasteiger partial charge on any atom is 0.295 e. The standard InChI is InChI=1S/C21H22ClN3O5/c1-4-28-16-9-12(10-17(29-5-2)19(16)30-6-3)20(26)25-24-18-14-11-13(22)7-8-15(14)23-21(18)27/h7-11,23,27H,4-6H2,1-3H3. The monoisotopic (exact) mass is 431 g/mol. The number of H-pyrrole nitrogens is 1. The van der Waals surface area contributed by atoms with Gasteiger partial charge in [-0.1, -0.05) is 11.6 Å². The van der Waals surface area contributed by atoms with Gasteiger partial charge >= 0.3 is 0 Å². The fourth-order valence-electron chi connectivity index (χ4n) is 2.90. The van der Waals surface area contributed by atoms with Crippen LogP contribution in [0.4, 0.5) is 5.69 Å². The number of carbonyl (C=O) groups excluding carboxylic acids is 1. The lowest BCUT2D eigenvalue weighted by molar-refractivity contribution is 0.0994. The first-order chi connectivity index (χ1) is 14.5. The Morgan fingerprint density at radius 2 is 1.67 bits per heavy atom. The van der Waals surface area contributed by atoms with E-state index in [2.05, 4.69) is 15.2 Å². The summed E-state index contributed by atoms with van der Waals surface area (Å²) in [5, 5.41) is 18.8. The van der Waals surface area contributed by atoms with Crippen LogP contribution in [0.1, 0.15) is 31.1 Å². The molecule has 0 aliphatic rings. The number of azo groups is 1. The first-order valence-electron chi connectivity index (χ1n) is 9.51. The van der Waals surface area contributed by atoms with E-state index < -0.39 is 5.91 Å². The zero-order valence-electron chi connectivity index (χ0n) is 16.9. The first kappa shape index (κ1) is 21.4. The molecule has 3 aromatic rings. The molecule has 2 N–H and O–H groups in total. The van der Waals surface area contributed by atoms with E-state index in [1.54, 1.807) is 18.2 Å². The van der Waals surface area contributed by atoms with Gasteiger partial charge < -0.3 is 24.3 Å². The minimum absolute atomic E-state index is 0.127. The number of carbonyl (C=O) groups is 1. The van der Waals surface area contributed by atoms with Gasteiger partial charge in [0.15, 0.2) is 17.2 Å². The van der Waals surface area contributed by atoms with Gasteiger partial charge in [0.2, 0.25) is 11.6 Å². The van der Waals surface area contributed by atoms with E-state index in [0.717, 1.165) is 0 Å². The average Bonchev–Trinajstić information content (AvgIpc) is 3.03. The number of aromatic hydroxyl groups is 1. The second-order valence-corrected chi connectivity index (χ2v) is 6.55. The molecule has 0 fully saturated rings. The molecule has 2 aromatic carbocycles. The van der Waals surface area contributed by atoms with Gasteiger partial charge in [-0.3, -0.25) is 4.79 Å². The molecule has 1 amide bonds. The Bertz CT molecular complexity index is 1070. The molecule has 9 heteroatoms. The topological polar surface area (TPSA) is 106 Å². The summed E-state index contributed by atoms with van der Waals surface area (Å²) in [5.74, 6) is 0.353. The molecule has 1 heterocycles. The van der Waals surface area contributed by atoms with E-state index in [9.17, 15) is 9.90 Å². The van der Waals surface area contributed by atoms with Crippen molar-refractivity contribution in [2.75, 3.05) is 19.8 Å². The Morgan fingerprint density at radius 1 is 1.03 bits per heavy atom. The van der Waals surface area contributed by atoms with Crippen LogP contribution in [0.3, 0.4) is 0 Å². The average molecular weight is 432 g/mol. The Hall–Kier alpha value is -3.26. The number of ether oxygens (including phenoxy) is 3. The molecule has 0 unspecified atom stereocenters. The maximum absolute atomic E-state index is 12.7. The van der Waals surface area contributed by atoms with Gasteiger partial charge in [-0.25, -0.2) is 0 Å². The highest BCUT2D eigenvalue weighted by Crippen LogP contribution is 2.40. The van der Waals surface area contributed by atoms with Crippen LogP contribution in [0.5, 0.6) is 23.1 Å². The van der Waals surface area contributed by atoms with E-state index in [-0.39, 0.29) is 17.1 Å². The molecule has 0 radical (unpaired) electrons. The third kappa shape index (κ3) is 4.49. The second-order valence-electron chi connectivity index (χ2n) is 6.12. The quantitative estimate of drug-likeness (QED) is 0.448. The first-order valence-corrected chi connectivity index (χ1v) is 9.88. The molecule has 3 rings (SSSR count). The summed E-state index contributed by atoms with van der Waals surface area (Å²) in [5.41, 5.74) is 0.963. The molecule has 0 aliphatic carbocycles. The lowest BCUT2D eigenvalue weighted by atomic mass is 10.1. The van der Waals surface area contributed by atoms with Crippen LogP contribution in [-0.4, -0.2) is 35.8 Å². The zero-order valence-corrected chi connectivity index (χ0v) is 17.6. The molecule has 0 saturated heterocycles. The number of nitrogens with one attached hydrogen (secondary N) is 1. The van der Waals surface area contributed by atoms with Crippen molar-refractivity contribution in [1.82, 2.24) is 4.98 Å². The number of rotatable bonds is 8. The van der Waals surface area contributed by atoms with Gasteiger partial charge in [0, 0.05) is 10.4 Å². The van der Waals surface area contributed by atoms with Crippen LogP contribution >= 0.6 is 11.6 Å². The number of aromatic amines is 1. The van der Waals surface area contributed by atoms with Gasteiger partial charge in [-0.15, -0.1) is 10.2 Å². The molecule has 0 bridgehead atoms. The van der Waals surface area contributed by atoms with Crippen molar-refractivity contribution in [3.63, 3.8) is 0 Å². The van der Waals surface area contributed by atoms with Gasteiger partial charge in [-0.2, -0.15) is 0 Å². The van der Waals surface area contributed by atoms with Crippen molar-refractivity contribution in [3.05, 3.63) is 40.9 Å². The minimum Gasteiger partial charge on any atom is -0.493 e. The summed E-state index contributed by atoms with van der Waals surface area (Å²) < 4.78 is 16.9. The normalized spacial score (nSPS) is 11.2. The van der Waals surface area contributed by atoms with E-state index >= 15 is 0 Å². The van der Waals surface area contributed by atoms with Gasteiger partial charge in [-0.05, 0) is 51.1 Å². The third-order valence-electron chi connectivity index (χ3n) is 4.11. The summed E-state index contributed by atoms with van der Waals surface area (Å²) in [6, 6.07) is 8.07. The summed E-state index contributed by atoms with van der Waals surface area (Å²) in [4.78, 5) is 15.5. The van der Waals surface area contributed by atoms with Crippen molar-refractivity contribution in [1.29, 1.82) is 0 Å². The highest BCUT2D eigenvalue weighted by Gasteiger charge is 2.19. The van der Waals surface area contributed by atoms with Crippen LogP contribution in [0, 0.1) is 0 Å². The second kappa shape index (κ2) is 9.49. The van der Waals surface area contributed by atoms with E-state index in [4.69, 9.17) is 25.8 Å². The Morgan fingerprint density at radius 3 is 2.27 bits per heavy atom. The molecule has 0 atom stereocenters. The van der Waals surface area contributed by atoms with Crippen LogP contribution in [0.2, 0.25) is 5.02 Å². The lowest BCUT2D eigenvalue weighted by Gasteiger charge is -2.16. The molecule has 0 spiro atoms. The number of hydrogen-bond acceptors (Lipinski definition) is 6. The Labute approximate surface area is 178 Å². The number of halogens is 1. The predicted molar refractivity (Wildman–Crippen MR) is 114 cm³/mol. The third-order valence-corrected chi connectivity index (χ3v) is 4.35. The van der Waals surface area contributed by atoms with Crippen LogP contribution in [0.25, 0.3) is 10.9 Å². The number of amides is 1. The summed E-state index contributed by atoms with van der Waals surface area (Å²) in [7, 11) is 0. The van der Waals surface area contributed by atoms with Crippen molar-refractivity contribution in [2.24, 2.45) is 10.2 Å². The maximum atomic E-state index is 12.7. The highest BCUT2D eigenvalue weighted by atomic mass is 35.5. The molecule has 158 valence electrons. The zero-order chi connectivity index (χ0) is 21.7. The van der Waals surface area contributed by atoms with Gasteiger partial charge in [0.05, 0.1) is 30.9 Å². The van der Waals surface area contributed by atoms with Gasteiger partial charge in [0.1, 0.15) is 0 Å². The highest BCUT2D eigenvalue weighted by molar-refractivity contribution is 6.31. The summed E-state index contributed by atoms with van der Waals surface area (Å²) in [6.07, 6.45) is 0. The molecule has 8 nitrogen and oxygen atoms in total. The van der Waals surface area contributed by atoms with E-state index in [0.29, 0.717) is 53.0 Å². The van der Waals surface area contributed by atoms with Crippen molar-refractivity contribution >= 4 is 34.1 Å². The number of aromatic nitrogens is 1. The number of nitrogens with zero attached hydrogens (tertiary/aromatic N) is 2. The smallest absolute Gasteiger partial charge is 0.295 e. The lowest BCUT2D eigenvalue weighted by Crippen LogP contribution is -2.05. The molecule has 0 aliphatic heterocycles. The summed E-state index contributed by atoms with van der Waals surface area (Å²) in [6.45, 7) is 6.68. The minimum atomic E-state index is -0.629. The SMILES string of the molecule is CCOc1cc(C(=O)N=Nc2c(O)[nH]c3ccc(Cl)cc23)cc(OCC)c1OCC. The fourth-order valence-corrected chi connectivity index (χ4v) is 3.07. The van der Waals surface area contributed by atoms with Crippen molar-refractivity contribution in [2.45, 2.75) is 20.8 Å². The Balaban J connectivity index is 1.98. The largest absolute Gasteiger partial charge is 0.493 e. The molecular weight excluding hydrogens is 410 g/mol. The number of fused-ring (bicyclic) bond motifs is 1. The number of hydrogen-bond donors (Lipinski definition) is 2. The van der Waals surface area contributed by atoms with Gasteiger partial charge in [0.25, 0.3) is 5.91 Å². The van der Waals surface area contributed by atoms with Crippen LogP contribution in [0.15, 0.2) is 40.6 Å². The van der Waals surface area contributed by atoms with Crippen molar-refractivity contribution < 1.29 is 24.1 Å². The molecule has 1 aromatic heterocycles. The van der Waals surface area contributed by atoms with Crippen LogP contribution in [-0.2, 0) is 0 Å². The Kier molecular flexibility index (Phi) is 6.79.